The van der Waals surface area contributed by atoms with E-state index in [4.69, 9.17) is 0 Å². The van der Waals surface area contributed by atoms with Crippen LogP contribution in [0.1, 0.15) is 29.4 Å². The van der Waals surface area contributed by atoms with E-state index in [-0.39, 0.29) is 11.9 Å². The summed E-state index contributed by atoms with van der Waals surface area (Å²) >= 11 is 0. The highest BCUT2D eigenvalue weighted by Gasteiger charge is 2.29. The van der Waals surface area contributed by atoms with Gasteiger partial charge in [-0.15, -0.1) is 10.2 Å². The van der Waals surface area contributed by atoms with E-state index in [0.717, 1.165) is 18.5 Å². The Morgan fingerprint density at radius 3 is 2.76 bits per heavy atom. The highest BCUT2D eigenvalue weighted by Crippen LogP contribution is 2.31. The van der Waals surface area contributed by atoms with Crippen LogP contribution < -0.4 is 10.2 Å². The zero-order chi connectivity index (χ0) is 14.8. The smallest absolute Gasteiger partial charge is 0.279 e. The molecule has 0 fully saturated rings. The molecule has 3 rings (SSSR count). The van der Waals surface area contributed by atoms with Crippen molar-refractivity contribution in [1.82, 2.24) is 10.2 Å². The van der Waals surface area contributed by atoms with Gasteiger partial charge in [-0.3, -0.25) is 4.79 Å². The summed E-state index contributed by atoms with van der Waals surface area (Å²) in [5.74, 6) is 0.559. The van der Waals surface area contributed by atoms with Gasteiger partial charge in [-0.2, -0.15) is 0 Å². The first-order valence-electron chi connectivity index (χ1n) is 7.13. The van der Waals surface area contributed by atoms with Crippen LogP contribution in [0, 0.1) is 0 Å². The van der Waals surface area contributed by atoms with Gasteiger partial charge in [0.2, 0.25) is 0 Å². The number of rotatable bonds is 2. The SMILES string of the molecule is CNc1ccc(C(=O)N2c3ccccc3CCC2C)nn1. The molecule has 1 unspecified atom stereocenters. The van der Waals surface area contributed by atoms with Gasteiger partial charge < -0.3 is 10.2 Å². The third-order valence-electron chi connectivity index (χ3n) is 3.88. The average Bonchev–Trinajstić information content (AvgIpc) is 2.54. The predicted molar refractivity (Wildman–Crippen MR) is 82.6 cm³/mol. The van der Waals surface area contributed by atoms with Gasteiger partial charge in [-0.25, -0.2) is 0 Å². The molecule has 0 radical (unpaired) electrons. The number of nitrogens with one attached hydrogen (secondary N) is 1. The van der Waals surface area contributed by atoms with Gasteiger partial charge in [0.05, 0.1) is 0 Å². The number of aryl methyl sites for hydroxylation is 1. The maximum atomic E-state index is 12.8. The third-order valence-corrected chi connectivity index (χ3v) is 3.88. The van der Waals surface area contributed by atoms with E-state index in [0.29, 0.717) is 11.5 Å². The molecule has 1 N–H and O–H groups in total. The maximum Gasteiger partial charge on any atom is 0.279 e. The van der Waals surface area contributed by atoms with E-state index >= 15 is 0 Å². The highest BCUT2D eigenvalue weighted by atomic mass is 16.2. The largest absolute Gasteiger partial charge is 0.372 e. The number of nitrogens with zero attached hydrogens (tertiary/aromatic N) is 3. The standard InChI is InChI=1S/C16H18N4O/c1-11-7-8-12-5-3-4-6-14(12)20(11)16(21)13-9-10-15(17-2)19-18-13/h3-6,9-11H,7-8H2,1-2H3,(H,17,19). The molecular formula is C16H18N4O. The molecule has 1 aromatic heterocycles. The Balaban J connectivity index is 1.96. The molecule has 0 saturated heterocycles. The fraction of sp³-hybridized carbons (Fsp3) is 0.312. The summed E-state index contributed by atoms with van der Waals surface area (Å²) in [5.41, 5.74) is 2.57. The van der Waals surface area contributed by atoms with Crippen LogP contribution in [-0.2, 0) is 6.42 Å². The van der Waals surface area contributed by atoms with Gasteiger partial charge in [0.25, 0.3) is 5.91 Å². The summed E-state index contributed by atoms with van der Waals surface area (Å²) in [4.78, 5) is 14.6. The van der Waals surface area contributed by atoms with Crippen molar-refractivity contribution in [3.05, 3.63) is 47.7 Å². The number of anilines is 2. The Bertz CT molecular complexity index is 654. The summed E-state index contributed by atoms with van der Waals surface area (Å²) in [6.07, 6.45) is 1.97. The molecule has 0 aliphatic carbocycles. The second-order valence-corrected chi connectivity index (χ2v) is 5.25. The van der Waals surface area contributed by atoms with E-state index in [1.165, 1.54) is 5.56 Å². The molecule has 2 heterocycles. The van der Waals surface area contributed by atoms with Gasteiger partial charge in [-0.05, 0) is 43.5 Å². The second-order valence-electron chi connectivity index (χ2n) is 5.25. The summed E-state index contributed by atoms with van der Waals surface area (Å²) in [6, 6.07) is 11.7. The molecular weight excluding hydrogens is 264 g/mol. The molecule has 21 heavy (non-hydrogen) atoms. The minimum Gasteiger partial charge on any atom is -0.372 e. The van der Waals surface area contributed by atoms with E-state index in [2.05, 4.69) is 28.5 Å². The Morgan fingerprint density at radius 1 is 1.24 bits per heavy atom. The van der Waals surface area contributed by atoms with Crippen molar-refractivity contribution in [3.63, 3.8) is 0 Å². The molecule has 0 bridgehead atoms. The van der Waals surface area contributed by atoms with Crippen LogP contribution in [0.25, 0.3) is 0 Å². The number of hydrogen-bond donors (Lipinski definition) is 1. The lowest BCUT2D eigenvalue weighted by Crippen LogP contribution is -2.42. The van der Waals surface area contributed by atoms with Crippen molar-refractivity contribution in [2.24, 2.45) is 0 Å². The molecule has 5 heteroatoms. The number of hydrogen-bond acceptors (Lipinski definition) is 4. The van der Waals surface area contributed by atoms with E-state index in [1.54, 1.807) is 19.2 Å². The van der Waals surface area contributed by atoms with Gasteiger partial charge in [-0.1, -0.05) is 18.2 Å². The van der Waals surface area contributed by atoms with Crippen molar-refractivity contribution >= 4 is 17.4 Å². The minimum absolute atomic E-state index is 0.0928. The lowest BCUT2D eigenvalue weighted by atomic mass is 9.96. The average molecular weight is 282 g/mol. The van der Waals surface area contributed by atoms with E-state index < -0.39 is 0 Å². The molecule has 1 aromatic carbocycles. The van der Waals surface area contributed by atoms with Crippen LogP contribution in [0.2, 0.25) is 0 Å². The van der Waals surface area contributed by atoms with Crippen molar-refractivity contribution in [1.29, 1.82) is 0 Å². The van der Waals surface area contributed by atoms with Crippen LogP contribution in [0.4, 0.5) is 11.5 Å². The van der Waals surface area contributed by atoms with Gasteiger partial charge >= 0.3 is 0 Å². The molecule has 5 nitrogen and oxygen atoms in total. The molecule has 1 amide bonds. The number of benzene rings is 1. The Morgan fingerprint density at radius 2 is 2.05 bits per heavy atom. The topological polar surface area (TPSA) is 58.1 Å². The summed E-state index contributed by atoms with van der Waals surface area (Å²) in [5, 5.41) is 10.9. The number of carbonyl (C=O) groups is 1. The first-order chi connectivity index (χ1) is 10.2. The summed E-state index contributed by atoms with van der Waals surface area (Å²) in [7, 11) is 1.77. The van der Waals surface area contributed by atoms with Crippen LogP contribution in [-0.4, -0.2) is 29.2 Å². The first kappa shape index (κ1) is 13.5. The fourth-order valence-electron chi connectivity index (χ4n) is 2.70. The Hall–Kier alpha value is -2.43. The number of amides is 1. The molecule has 2 aromatic rings. The second kappa shape index (κ2) is 5.52. The third kappa shape index (κ3) is 2.46. The summed E-state index contributed by atoms with van der Waals surface area (Å²) < 4.78 is 0. The normalized spacial score (nSPS) is 17.2. The van der Waals surface area contributed by atoms with Crippen LogP contribution in [0.3, 0.4) is 0 Å². The number of aromatic nitrogens is 2. The Kier molecular flexibility index (Phi) is 3.56. The molecule has 108 valence electrons. The quantitative estimate of drug-likeness (QED) is 0.919. The molecule has 1 atom stereocenters. The zero-order valence-electron chi connectivity index (χ0n) is 12.2. The summed E-state index contributed by atoms with van der Waals surface area (Å²) in [6.45, 7) is 2.07. The van der Waals surface area contributed by atoms with Crippen molar-refractivity contribution in [2.45, 2.75) is 25.8 Å². The number of carbonyl (C=O) groups excluding carboxylic acids is 1. The van der Waals surface area contributed by atoms with E-state index in [9.17, 15) is 4.79 Å². The zero-order valence-corrected chi connectivity index (χ0v) is 12.2. The van der Waals surface area contributed by atoms with Gasteiger partial charge in [0.15, 0.2) is 5.69 Å². The maximum absolute atomic E-state index is 12.8. The molecule has 0 saturated carbocycles. The minimum atomic E-state index is -0.0928. The van der Waals surface area contributed by atoms with Crippen LogP contribution in [0.5, 0.6) is 0 Å². The molecule has 1 aliphatic rings. The van der Waals surface area contributed by atoms with Crippen molar-refractivity contribution in [3.8, 4) is 0 Å². The van der Waals surface area contributed by atoms with Crippen LogP contribution >= 0.6 is 0 Å². The monoisotopic (exact) mass is 282 g/mol. The van der Waals surface area contributed by atoms with Gasteiger partial charge in [0, 0.05) is 18.8 Å². The van der Waals surface area contributed by atoms with Crippen LogP contribution in [0.15, 0.2) is 36.4 Å². The van der Waals surface area contributed by atoms with Crippen molar-refractivity contribution < 1.29 is 4.79 Å². The lowest BCUT2D eigenvalue weighted by Gasteiger charge is -2.35. The molecule has 0 spiro atoms. The van der Waals surface area contributed by atoms with Crippen molar-refractivity contribution in [2.75, 3.05) is 17.3 Å². The Labute approximate surface area is 124 Å². The van der Waals surface area contributed by atoms with Gasteiger partial charge in [0.1, 0.15) is 5.82 Å². The number of para-hydroxylation sites is 1. The highest BCUT2D eigenvalue weighted by molar-refractivity contribution is 6.05. The first-order valence-corrected chi connectivity index (χ1v) is 7.13. The predicted octanol–water partition coefficient (Wildman–Crippen LogP) is 2.50. The van der Waals surface area contributed by atoms with E-state index in [1.807, 2.05) is 23.1 Å². The fourth-order valence-corrected chi connectivity index (χ4v) is 2.70. The molecule has 1 aliphatic heterocycles. The lowest BCUT2D eigenvalue weighted by molar-refractivity contribution is 0.0969. The number of fused-ring (bicyclic) bond motifs is 1.